The summed E-state index contributed by atoms with van der Waals surface area (Å²) in [5.41, 5.74) is 4.17. The Morgan fingerprint density at radius 2 is 1.40 bits per heavy atom. The number of quaternary nitrogens is 1. The summed E-state index contributed by atoms with van der Waals surface area (Å²) in [6, 6.07) is 22.4. The van der Waals surface area contributed by atoms with Crippen molar-refractivity contribution in [3.8, 4) is 0 Å². The number of rotatable bonds is 9. The van der Waals surface area contributed by atoms with E-state index in [-0.39, 0.29) is 24.0 Å². The lowest BCUT2D eigenvalue weighted by molar-refractivity contribution is -0.939. The van der Waals surface area contributed by atoms with Crippen LogP contribution in [-0.4, -0.2) is 54.7 Å². The van der Waals surface area contributed by atoms with Crippen molar-refractivity contribution in [1.29, 1.82) is 0 Å². The lowest BCUT2D eigenvalue weighted by Crippen LogP contribution is -2.67. The lowest BCUT2D eigenvalue weighted by Gasteiger charge is -2.52. The third kappa shape index (κ3) is 5.38. The number of benzene rings is 3. The fourth-order valence-corrected chi connectivity index (χ4v) is 7.66. The Labute approximate surface area is 249 Å². The van der Waals surface area contributed by atoms with Gasteiger partial charge in [-0.15, -0.1) is 0 Å². The number of ether oxygens (including phenoxy) is 1. The summed E-state index contributed by atoms with van der Waals surface area (Å²) >= 11 is 0. The number of hydrogen-bond acceptors (Lipinski definition) is 4. The molecule has 0 spiro atoms. The van der Waals surface area contributed by atoms with Gasteiger partial charge in [0.2, 0.25) is 0 Å². The van der Waals surface area contributed by atoms with E-state index in [1.807, 2.05) is 12.1 Å². The van der Waals surface area contributed by atoms with Gasteiger partial charge in [0.15, 0.2) is 12.6 Å². The highest BCUT2D eigenvalue weighted by atomic mass is 16.6. The van der Waals surface area contributed by atoms with Crippen LogP contribution in [0.25, 0.3) is 0 Å². The van der Waals surface area contributed by atoms with Crippen LogP contribution in [0.3, 0.4) is 0 Å². The van der Waals surface area contributed by atoms with Crippen LogP contribution in [0.4, 0.5) is 0 Å². The number of esters is 1. The molecule has 3 aliphatic heterocycles. The fourth-order valence-electron chi connectivity index (χ4n) is 7.66. The van der Waals surface area contributed by atoms with Crippen LogP contribution in [0.1, 0.15) is 60.1 Å². The highest BCUT2D eigenvalue weighted by Gasteiger charge is 2.49. The molecule has 0 saturated carbocycles. The highest BCUT2D eigenvalue weighted by Crippen LogP contribution is 2.37. The Balaban J connectivity index is 1.13. The molecule has 3 saturated heterocycles. The number of fused-ring (bicyclic) bond motifs is 4. The van der Waals surface area contributed by atoms with Crippen LogP contribution in [0.2, 0.25) is 0 Å². The van der Waals surface area contributed by atoms with Gasteiger partial charge >= 0.3 is 5.97 Å². The zero-order chi connectivity index (χ0) is 29.3. The van der Waals surface area contributed by atoms with Crippen molar-refractivity contribution >= 4 is 11.9 Å². The Hall–Kier alpha value is -3.48. The molecule has 1 amide bonds. The molecular formula is C36H42N2O4. The number of nitrogens with one attached hydrogen (secondary N) is 1. The van der Waals surface area contributed by atoms with E-state index < -0.39 is 11.6 Å². The van der Waals surface area contributed by atoms with Gasteiger partial charge in [-0.05, 0) is 59.1 Å². The van der Waals surface area contributed by atoms with Crippen LogP contribution in [0.15, 0.2) is 72.8 Å². The molecule has 7 rings (SSSR count). The Bertz CT molecular complexity index is 1360. The van der Waals surface area contributed by atoms with Crippen molar-refractivity contribution in [2.24, 2.45) is 5.92 Å². The second-order valence-electron chi connectivity index (χ2n) is 12.6. The summed E-state index contributed by atoms with van der Waals surface area (Å²) in [7, 11) is 0. The minimum Gasteiger partial charge on any atom is -0.834 e. The fraction of sp³-hybridized carbons (Fsp3) is 0.444. The summed E-state index contributed by atoms with van der Waals surface area (Å²) in [6.07, 6.45) is 5.24. The van der Waals surface area contributed by atoms with Crippen LogP contribution in [-0.2, 0) is 45.6 Å². The van der Waals surface area contributed by atoms with Crippen molar-refractivity contribution in [2.45, 2.75) is 70.1 Å². The second-order valence-corrected chi connectivity index (χ2v) is 12.6. The van der Waals surface area contributed by atoms with Crippen LogP contribution in [0, 0.1) is 5.92 Å². The molecule has 2 bridgehead atoms. The quantitative estimate of drug-likeness (QED) is 0.315. The normalized spacial score (nSPS) is 23.4. The van der Waals surface area contributed by atoms with Gasteiger partial charge in [0.1, 0.15) is 6.54 Å². The van der Waals surface area contributed by atoms with Gasteiger partial charge in [-0.3, -0.25) is 9.59 Å². The van der Waals surface area contributed by atoms with Crippen molar-refractivity contribution < 1.29 is 23.9 Å². The molecule has 1 aliphatic carbocycles. The summed E-state index contributed by atoms with van der Waals surface area (Å²) < 4.78 is 6.74. The minimum absolute atomic E-state index is 0.0661. The molecule has 4 aliphatic rings. The summed E-state index contributed by atoms with van der Waals surface area (Å²) in [6.45, 7) is 7.17. The Morgan fingerprint density at radius 1 is 0.881 bits per heavy atom. The van der Waals surface area contributed by atoms with Gasteiger partial charge in [-0.2, -0.15) is 0 Å². The molecule has 6 nitrogen and oxygen atoms in total. The average molecular weight is 567 g/mol. The van der Waals surface area contributed by atoms with Crippen LogP contribution < -0.4 is 10.4 Å². The minimum atomic E-state index is -2.15. The number of piperidine rings is 3. The molecule has 1 atom stereocenters. The van der Waals surface area contributed by atoms with E-state index in [0.29, 0.717) is 28.7 Å². The maximum Gasteiger partial charge on any atom is 0.304 e. The zero-order valence-electron chi connectivity index (χ0n) is 24.8. The smallest absolute Gasteiger partial charge is 0.304 e. The maximum absolute atomic E-state index is 14.4. The molecule has 3 heterocycles. The molecule has 3 aromatic carbocycles. The summed E-state index contributed by atoms with van der Waals surface area (Å²) in [4.78, 5) is 27.2. The third-order valence-electron chi connectivity index (χ3n) is 10.0. The average Bonchev–Trinajstić information content (AvgIpc) is 3.41. The van der Waals surface area contributed by atoms with Gasteiger partial charge in [0.25, 0.3) is 5.91 Å². The van der Waals surface area contributed by atoms with E-state index in [2.05, 4.69) is 31.3 Å². The predicted molar refractivity (Wildman–Crippen MR) is 161 cm³/mol. The van der Waals surface area contributed by atoms with E-state index in [1.165, 1.54) is 22.3 Å². The first-order valence-electron chi connectivity index (χ1n) is 15.6. The first kappa shape index (κ1) is 28.6. The largest absolute Gasteiger partial charge is 0.834 e. The van der Waals surface area contributed by atoms with Gasteiger partial charge in [0, 0.05) is 30.4 Å². The number of aryl methyl sites for hydroxylation is 2. The van der Waals surface area contributed by atoms with Crippen LogP contribution in [0.5, 0.6) is 0 Å². The highest BCUT2D eigenvalue weighted by molar-refractivity contribution is 5.85. The third-order valence-corrected chi connectivity index (χ3v) is 10.0. The van der Waals surface area contributed by atoms with E-state index in [4.69, 9.17) is 4.74 Å². The molecule has 0 radical (unpaired) electrons. The topological polar surface area (TPSA) is 78.5 Å². The number of carbonyl (C=O) groups excluding carboxylic acids is 2. The SMILES string of the molecule is CCc1cc2c(cc1CC)CC(NC(=O)C[N+]13CCC(CC1)C(OC(=O)C([O-])(c1ccccc1)c1ccccc1)C3)C2. The predicted octanol–water partition coefficient (Wildman–Crippen LogP) is 3.85. The molecular weight excluding hydrogens is 524 g/mol. The molecule has 1 N–H and O–H groups in total. The summed E-state index contributed by atoms with van der Waals surface area (Å²) in [5, 5.41) is 17.7. The van der Waals surface area contributed by atoms with Crippen molar-refractivity contribution in [3.63, 3.8) is 0 Å². The van der Waals surface area contributed by atoms with Crippen molar-refractivity contribution in [3.05, 3.63) is 106 Å². The first-order valence-corrected chi connectivity index (χ1v) is 15.6. The summed E-state index contributed by atoms with van der Waals surface area (Å²) in [5.74, 6) is -0.475. The molecule has 220 valence electrons. The molecule has 42 heavy (non-hydrogen) atoms. The number of nitrogens with zero attached hydrogens (tertiary/aromatic N) is 1. The second kappa shape index (κ2) is 11.7. The monoisotopic (exact) mass is 566 g/mol. The molecule has 3 aromatic rings. The maximum atomic E-state index is 14.4. The van der Waals surface area contributed by atoms with Gasteiger partial charge in [-0.25, -0.2) is 0 Å². The molecule has 0 aromatic heterocycles. The standard InChI is InChI=1S/C36H42N2O4/c1-3-25-19-28-21-32(22-29(28)20-26(25)4-2)37-34(39)24-38-17-15-27(16-18-38)33(23-38)42-35(40)36(41,30-11-7-5-8-12-30)31-13-9-6-10-14-31/h5-14,19-20,27,32-33H,3-4,15-18,21-24H2,1-2H3,(H,37,39). The molecule has 1 unspecified atom stereocenters. The number of hydrogen-bond donors (Lipinski definition) is 1. The van der Waals surface area contributed by atoms with Crippen molar-refractivity contribution in [1.82, 2.24) is 5.32 Å². The first-order chi connectivity index (χ1) is 20.3. The van der Waals surface area contributed by atoms with E-state index in [1.54, 1.807) is 48.5 Å². The zero-order valence-corrected chi connectivity index (χ0v) is 24.8. The number of carbonyl (C=O) groups is 2. The Kier molecular flexibility index (Phi) is 7.95. The number of amides is 1. The van der Waals surface area contributed by atoms with Gasteiger partial charge in [-0.1, -0.05) is 86.6 Å². The lowest BCUT2D eigenvalue weighted by atomic mass is 9.82. The molecule has 6 heteroatoms. The van der Waals surface area contributed by atoms with Gasteiger partial charge < -0.3 is 19.6 Å². The van der Waals surface area contributed by atoms with E-state index in [0.717, 1.165) is 51.6 Å². The van der Waals surface area contributed by atoms with Crippen molar-refractivity contribution in [2.75, 3.05) is 26.2 Å². The Morgan fingerprint density at radius 3 is 1.90 bits per heavy atom. The van der Waals surface area contributed by atoms with E-state index in [9.17, 15) is 14.7 Å². The van der Waals surface area contributed by atoms with Crippen LogP contribution >= 0.6 is 0 Å². The molecule has 3 fully saturated rings. The van der Waals surface area contributed by atoms with Gasteiger partial charge in [0.05, 0.1) is 13.1 Å². The van der Waals surface area contributed by atoms with E-state index >= 15 is 0 Å².